The molecular formula is C17H24O2. The minimum absolute atomic E-state index is 0.181. The number of allylic oxidation sites excluding steroid dienone is 1. The van der Waals surface area contributed by atoms with E-state index in [1.807, 2.05) is 0 Å². The predicted molar refractivity (Wildman–Crippen MR) is 78.4 cm³/mol. The summed E-state index contributed by atoms with van der Waals surface area (Å²) in [5.74, 6) is 2.54. The highest BCUT2D eigenvalue weighted by molar-refractivity contribution is 5.37. The van der Waals surface area contributed by atoms with Gasteiger partial charge in [0.15, 0.2) is 11.5 Å². The molecule has 0 heterocycles. The zero-order chi connectivity index (χ0) is 14.0. The van der Waals surface area contributed by atoms with Crippen LogP contribution < -0.4 is 4.74 Å². The zero-order valence-corrected chi connectivity index (χ0v) is 12.1. The first-order valence-electron chi connectivity index (χ1n) is 6.98. The van der Waals surface area contributed by atoms with Crippen molar-refractivity contribution in [3.63, 3.8) is 0 Å². The lowest BCUT2D eigenvalue weighted by molar-refractivity contribution is 0.289. The van der Waals surface area contributed by atoms with Crippen LogP contribution in [0.3, 0.4) is 0 Å². The van der Waals surface area contributed by atoms with Crippen LogP contribution in [-0.4, -0.2) is 12.2 Å². The van der Waals surface area contributed by atoms with E-state index in [-0.39, 0.29) is 5.75 Å². The predicted octanol–water partition coefficient (Wildman–Crippen LogP) is 4.40. The Labute approximate surface area is 116 Å². The number of rotatable bonds is 1. The Balaban J connectivity index is 0.000000141. The molecule has 19 heavy (non-hydrogen) atoms. The summed E-state index contributed by atoms with van der Waals surface area (Å²) in [4.78, 5) is 0. The van der Waals surface area contributed by atoms with Gasteiger partial charge in [0.05, 0.1) is 7.11 Å². The molecule has 2 atom stereocenters. The highest BCUT2D eigenvalue weighted by Gasteiger charge is 2.47. The molecule has 2 nitrogen and oxygen atoms in total. The maximum atomic E-state index is 8.99. The van der Waals surface area contributed by atoms with E-state index in [1.165, 1.54) is 31.9 Å². The Kier molecular flexibility index (Phi) is 3.88. The van der Waals surface area contributed by atoms with E-state index in [4.69, 9.17) is 9.84 Å². The first-order valence-corrected chi connectivity index (χ1v) is 6.98. The molecule has 2 fully saturated rings. The number of para-hydroxylation sites is 2. The van der Waals surface area contributed by atoms with Crippen molar-refractivity contribution in [2.75, 3.05) is 7.11 Å². The molecule has 2 heteroatoms. The number of fused-ring (bicyclic) bond motifs is 2. The van der Waals surface area contributed by atoms with Crippen LogP contribution in [0.4, 0.5) is 0 Å². The van der Waals surface area contributed by atoms with Gasteiger partial charge >= 0.3 is 0 Å². The van der Waals surface area contributed by atoms with Crippen LogP contribution in [0.25, 0.3) is 0 Å². The number of hydrogen-bond acceptors (Lipinski definition) is 2. The van der Waals surface area contributed by atoms with E-state index in [0.29, 0.717) is 11.2 Å². The average molecular weight is 260 g/mol. The summed E-state index contributed by atoms with van der Waals surface area (Å²) in [6.07, 6.45) is 4.31. The average Bonchev–Trinajstić information content (AvgIpc) is 2.95. The van der Waals surface area contributed by atoms with Crippen molar-refractivity contribution in [1.82, 2.24) is 0 Å². The minimum atomic E-state index is 0.181. The first kappa shape index (κ1) is 14.0. The molecule has 0 amide bonds. The van der Waals surface area contributed by atoms with Crippen molar-refractivity contribution in [2.24, 2.45) is 17.3 Å². The molecule has 2 saturated carbocycles. The van der Waals surface area contributed by atoms with Crippen molar-refractivity contribution in [3.05, 3.63) is 36.4 Å². The van der Waals surface area contributed by atoms with Crippen LogP contribution >= 0.6 is 0 Å². The van der Waals surface area contributed by atoms with E-state index in [2.05, 4.69) is 20.4 Å². The van der Waals surface area contributed by atoms with Crippen LogP contribution in [0, 0.1) is 17.3 Å². The lowest BCUT2D eigenvalue weighted by Gasteiger charge is -2.31. The summed E-state index contributed by atoms with van der Waals surface area (Å²) >= 11 is 0. The molecular weight excluding hydrogens is 236 g/mol. The van der Waals surface area contributed by atoms with Gasteiger partial charge in [0.2, 0.25) is 0 Å². The van der Waals surface area contributed by atoms with Gasteiger partial charge in [0.25, 0.3) is 0 Å². The number of phenols is 1. The van der Waals surface area contributed by atoms with Crippen LogP contribution in [0.5, 0.6) is 11.5 Å². The normalized spacial score (nSPS) is 26.8. The summed E-state index contributed by atoms with van der Waals surface area (Å²) in [7, 11) is 1.52. The van der Waals surface area contributed by atoms with E-state index in [1.54, 1.807) is 24.3 Å². The Morgan fingerprint density at radius 1 is 1.26 bits per heavy atom. The molecule has 1 aromatic rings. The summed E-state index contributed by atoms with van der Waals surface area (Å²) in [5.41, 5.74) is 2.01. The van der Waals surface area contributed by atoms with E-state index < -0.39 is 0 Å². The fourth-order valence-electron chi connectivity index (χ4n) is 3.37. The van der Waals surface area contributed by atoms with Crippen LogP contribution in [0.2, 0.25) is 0 Å². The third-order valence-corrected chi connectivity index (χ3v) is 4.86. The molecule has 0 spiro atoms. The van der Waals surface area contributed by atoms with Crippen molar-refractivity contribution >= 4 is 0 Å². The molecule has 3 rings (SSSR count). The second-order valence-electron chi connectivity index (χ2n) is 6.13. The zero-order valence-electron chi connectivity index (χ0n) is 12.1. The van der Waals surface area contributed by atoms with Crippen molar-refractivity contribution < 1.29 is 9.84 Å². The van der Waals surface area contributed by atoms with Gasteiger partial charge < -0.3 is 9.84 Å². The Morgan fingerprint density at radius 3 is 2.32 bits per heavy atom. The summed E-state index contributed by atoms with van der Waals surface area (Å²) in [6, 6.07) is 6.84. The van der Waals surface area contributed by atoms with Gasteiger partial charge in [-0.25, -0.2) is 0 Å². The fraction of sp³-hybridized carbons (Fsp3) is 0.529. The third kappa shape index (κ3) is 2.63. The maximum Gasteiger partial charge on any atom is 0.160 e. The quantitative estimate of drug-likeness (QED) is 0.758. The van der Waals surface area contributed by atoms with Crippen LogP contribution in [-0.2, 0) is 0 Å². The van der Waals surface area contributed by atoms with E-state index in [0.717, 1.165) is 11.8 Å². The highest BCUT2D eigenvalue weighted by atomic mass is 16.5. The fourth-order valence-corrected chi connectivity index (χ4v) is 3.37. The third-order valence-electron chi connectivity index (χ3n) is 4.86. The number of benzene rings is 1. The van der Waals surface area contributed by atoms with Gasteiger partial charge in [-0.1, -0.05) is 38.1 Å². The molecule has 0 aliphatic heterocycles. The SMILES string of the molecule is C=C1C2CC[C@H](C2)C1(C)C.COc1ccccc1O. The smallest absolute Gasteiger partial charge is 0.160 e. The Bertz CT molecular complexity index is 462. The van der Waals surface area contributed by atoms with Gasteiger partial charge in [0.1, 0.15) is 0 Å². The number of hydrogen-bond donors (Lipinski definition) is 1. The molecule has 1 aromatic carbocycles. The number of aromatic hydroxyl groups is 1. The van der Waals surface area contributed by atoms with Gasteiger partial charge in [-0.05, 0) is 48.6 Å². The van der Waals surface area contributed by atoms with E-state index >= 15 is 0 Å². The second kappa shape index (κ2) is 5.28. The molecule has 2 aliphatic rings. The maximum absolute atomic E-state index is 8.99. The van der Waals surface area contributed by atoms with Crippen LogP contribution in [0.1, 0.15) is 33.1 Å². The first-order chi connectivity index (χ1) is 8.96. The lowest BCUT2D eigenvalue weighted by atomic mass is 9.73. The molecule has 0 saturated heterocycles. The van der Waals surface area contributed by atoms with Crippen molar-refractivity contribution in [2.45, 2.75) is 33.1 Å². The molecule has 104 valence electrons. The summed E-state index contributed by atoms with van der Waals surface area (Å²) in [5, 5.41) is 8.99. The summed E-state index contributed by atoms with van der Waals surface area (Å²) < 4.78 is 4.79. The second-order valence-corrected chi connectivity index (χ2v) is 6.13. The molecule has 0 aromatic heterocycles. The standard InChI is InChI=1S/C10H16.C7H8O2/c1-7-8-4-5-9(6-8)10(7,2)3;1-9-7-5-3-2-4-6(7)8/h8-9H,1,4-6H2,2-3H3;2-5,8H,1H3/t8?,9-;/m1./s1. The molecule has 2 bridgehead atoms. The van der Waals surface area contributed by atoms with Gasteiger partial charge in [-0.15, -0.1) is 0 Å². The molecule has 1 N–H and O–H groups in total. The Morgan fingerprint density at radius 2 is 1.95 bits per heavy atom. The monoisotopic (exact) mass is 260 g/mol. The van der Waals surface area contributed by atoms with Crippen LogP contribution in [0.15, 0.2) is 36.4 Å². The van der Waals surface area contributed by atoms with Gasteiger partial charge in [-0.2, -0.15) is 0 Å². The largest absolute Gasteiger partial charge is 0.504 e. The molecule has 2 aliphatic carbocycles. The Hall–Kier alpha value is -1.44. The topological polar surface area (TPSA) is 29.5 Å². The van der Waals surface area contributed by atoms with E-state index in [9.17, 15) is 0 Å². The van der Waals surface area contributed by atoms with Gasteiger partial charge in [0, 0.05) is 0 Å². The number of phenolic OH excluding ortho intramolecular Hbond substituents is 1. The minimum Gasteiger partial charge on any atom is -0.504 e. The van der Waals surface area contributed by atoms with Crippen molar-refractivity contribution in [1.29, 1.82) is 0 Å². The van der Waals surface area contributed by atoms with Gasteiger partial charge in [-0.3, -0.25) is 0 Å². The molecule has 1 unspecified atom stereocenters. The highest BCUT2D eigenvalue weighted by Crippen LogP contribution is 2.58. The van der Waals surface area contributed by atoms with Crippen molar-refractivity contribution in [3.8, 4) is 11.5 Å². The number of methoxy groups -OCH3 is 1. The number of ether oxygens (including phenoxy) is 1. The molecule has 0 radical (unpaired) electrons. The summed E-state index contributed by atoms with van der Waals surface area (Å²) in [6.45, 7) is 8.91. The lowest BCUT2D eigenvalue weighted by Crippen LogP contribution is -2.21.